The van der Waals surface area contributed by atoms with Crippen molar-refractivity contribution in [1.29, 1.82) is 10.7 Å². The highest BCUT2D eigenvalue weighted by Gasteiger charge is 2.10. The maximum absolute atomic E-state index is 11.6. The lowest BCUT2D eigenvalue weighted by Crippen LogP contribution is -2.26. The molecule has 0 aliphatic rings. The van der Waals surface area contributed by atoms with Crippen molar-refractivity contribution in [2.24, 2.45) is 0 Å². The number of nitrogens with one attached hydrogen (secondary N) is 1. The molecule has 1 aromatic carbocycles. The minimum atomic E-state index is -0.376. The number of nitriles is 1. The molecule has 0 spiro atoms. The van der Waals surface area contributed by atoms with Crippen LogP contribution in [0.25, 0.3) is 0 Å². The summed E-state index contributed by atoms with van der Waals surface area (Å²) in [6.45, 7) is 2.38. The number of carbonyl (C=O) groups is 1. The lowest BCUT2D eigenvalue weighted by atomic mass is 10.2. The van der Waals surface area contributed by atoms with Crippen LogP contribution in [0.5, 0.6) is 0 Å². The van der Waals surface area contributed by atoms with Gasteiger partial charge in [-0.3, -0.25) is 5.41 Å². The van der Waals surface area contributed by atoms with E-state index in [0.29, 0.717) is 29.1 Å². The van der Waals surface area contributed by atoms with Crippen molar-refractivity contribution in [2.45, 2.75) is 13.5 Å². The maximum atomic E-state index is 11.6. The van der Waals surface area contributed by atoms with Crippen LogP contribution in [0.1, 0.15) is 28.7 Å². The number of rotatable bonds is 5. The van der Waals surface area contributed by atoms with Crippen molar-refractivity contribution in [1.82, 2.24) is 9.71 Å². The van der Waals surface area contributed by atoms with Crippen molar-refractivity contribution in [3.8, 4) is 6.07 Å². The Kier molecular flexibility index (Phi) is 5.16. The Labute approximate surface area is 138 Å². The number of anilines is 1. The van der Waals surface area contributed by atoms with E-state index in [9.17, 15) is 10.0 Å². The maximum Gasteiger partial charge on any atom is 0.338 e. The van der Waals surface area contributed by atoms with E-state index >= 15 is 0 Å². The second-order valence-electron chi connectivity index (χ2n) is 5.01. The molecule has 0 bridgehead atoms. The lowest BCUT2D eigenvalue weighted by Gasteiger charge is -2.19. The Balaban J connectivity index is 2.17. The van der Waals surface area contributed by atoms with Gasteiger partial charge in [0.2, 0.25) is 0 Å². The van der Waals surface area contributed by atoms with E-state index in [1.807, 2.05) is 11.9 Å². The molecule has 0 fully saturated rings. The first-order valence-corrected chi connectivity index (χ1v) is 7.21. The van der Waals surface area contributed by atoms with Gasteiger partial charge >= 0.3 is 5.97 Å². The van der Waals surface area contributed by atoms with Gasteiger partial charge < -0.3 is 14.8 Å². The molecular weight excluding hydrogens is 310 g/mol. The van der Waals surface area contributed by atoms with Crippen molar-refractivity contribution in [3.05, 3.63) is 52.9 Å². The number of benzene rings is 1. The van der Waals surface area contributed by atoms with Gasteiger partial charge in [-0.25, -0.2) is 9.78 Å². The molecular formula is C16H17N5O3. The third kappa shape index (κ3) is 3.70. The number of carbonyl (C=O) groups excluding carboxylic acids is 1. The Morgan fingerprint density at radius 2 is 2.12 bits per heavy atom. The Bertz CT molecular complexity index is 836. The molecule has 2 aromatic rings. The van der Waals surface area contributed by atoms with Gasteiger partial charge in [0.15, 0.2) is 11.2 Å². The Morgan fingerprint density at radius 1 is 1.46 bits per heavy atom. The van der Waals surface area contributed by atoms with Crippen molar-refractivity contribution >= 4 is 11.7 Å². The Morgan fingerprint density at radius 3 is 2.71 bits per heavy atom. The summed E-state index contributed by atoms with van der Waals surface area (Å²) in [6, 6.07) is 8.63. The SMILES string of the molecule is CCOC(=O)c1ccc(N(C)Cc2cn(O)c(=N)c(C#N)n2)cc1. The predicted molar refractivity (Wildman–Crippen MR) is 84.5 cm³/mol. The molecule has 0 aliphatic carbocycles. The van der Waals surface area contributed by atoms with Crippen LogP contribution < -0.4 is 10.4 Å². The van der Waals surface area contributed by atoms with E-state index in [4.69, 9.17) is 15.4 Å². The van der Waals surface area contributed by atoms with Crippen LogP contribution >= 0.6 is 0 Å². The molecule has 0 saturated carbocycles. The summed E-state index contributed by atoms with van der Waals surface area (Å²) in [5.74, 6) is -0.376. The highest BCUT2D eigenvalue weighted by molar-refractivity contribution is 5.89. The zero-order chi connectivity index (χ0) is 17.7. The largest absolute Gasteiger partial charge is 0.462 e. The highest BCUT2D eigenvalue weighted by atomic mass is 16.5. The van der Waals surface area contributed by atoms with E-state index in [1.54, 1.807) is 37.3 Å². The van der Waals surface area contributed by atoms with Crippen molar-refractivity contribution < 1.29 is 14.7 Å². The predicted octanol–water partition coefficient (Wildman–Crippen LogP) is 1.28. The number of hydrogen-bond donors (Lipinski definition) is 2. The molecule has 0 atom stereocenters. The van der Waals surface area contributed by atoms with Crippen LogP contribution in [0.4, 0.5) is 5.69 Å². The Hall–Kier alpha value is -3.34. The van der Waals surface area contributed by atoms with E-state index in [2.05, 4.69) is 4.98 Å². The van der Waals surface area contributed by atoms with Gasteiger partial charge in [0.1, 0.15) is 6.07 Å². The first kappa shape index (κ1) is 17.0. The van der Waals surface area contributed by atoms with Gasteiger partial charge in [0.25, 0.3) is 0 Å². The fraction of sp³-hybridized carbons (Fsp3) is 0.250. The summed E-state index contributed by atoms with van der Waals surface area (Å²) in [5.41, 5.74) is 1.21. The average Bonchev–Trinajstić information content (AvgIpc) is 2.58. The number of aromatic nitrogens is 2. The molecule has 0 amide bonds. The summed E-state index contributed by atoms with van der Waals surface area (Å²) in [4.78, 5) is 17.5. The van der Waals surface area contributed by atoms with Gasteiger partial charge in [0.05, 0.1) is 30.6 Å². The fourth-order valence-corrected chi connectivity index (χ4v) is 2.09. The molecule has 1 heterocycles. The van der Waals surface area contributed by atoms with Crippen LogP contribution in [-0.2, 0) is 11.3 Å². The molecule has 0 saturated heterocycles. The number of nitrogens with zero attached hydrogens (tertiary/aromatic N) is 4. The zero-order valence-corrected chi connectivity index (χ0v) is 13.4. The van der Waals surface area contributed by atoms with Gasteiger partial charge in [0, 0.05) is 12.7 Å². The number of esters is 1. The molecule has 0 aliphatic heterocycles. The molecule has 0 radical (unpaired) electrons. The molecule has 24 heavy (non-hydrogen) atoms. The van der Waals surface area contributed by atoms with Crippen molar-refractivity contribution in [2.75, 3.05) is 18.6 Å². The normalized spacial score (nSPS) is 10.0. The third-order valence-electron chi connectivity index (χ3n) is 3.30. The van der Waals surface area contributed by atoms with E-state index in [-0.39, 0.29) is 17.2 Å². The molecule has 124 valence electrons. The first-order valence-electron chi connectivity index (χ1n) is 7.21. The monoisotopic (exact) mass is 327 g/mol. The molecule has 2 rings (SSSR count). The van der Waals surface area contributed by atoms with Gasteiger partial charge in [-0.2, -0.15) is 9.99 Å². The van der Waals surface area contributed by atoms with Gasteiger partial charge in [-0.15, -0.1) is 0 Å². The van der Waals surface area contributed by atoms with Crippen LogP contribution in [0.2, 0.25) is 0 Å². The average molecular weight is 327 g/mol. The van der Waals surface area contributed by atoms with E-state index in [1.165, 1.54) is 6.20 Å². The summed E-state index contributed by atoms with van der Waals surface area (Å²) in [7, 11) is 1.81. The van der Waals surface area contributed by atoms with Gasteiger partial charge in [-0.1, -0.05) is 0 Å². The topological polar surface area (TPSA) is 115 Å². The fourth-order valence-electron chi connectivity index (χ4n) is 2.09. The first-order chi connectivity index (χ1) is 11.5. The third-order valence-corrected chi connectivity index (χ3v) is 3.30. The summed E-state index contributed by atoms with van der Waals surface area (Å²) < 4.78 is 5.50. The molecule has 8 heteroatoms. The van der Waals surface area contributed by atoms with Crippen LogP contribution in [0.15, 0.2) is 30.5 Å². The highest BCUT2D eigenvalue weighted by Crippen LogP contribution is 2.16. The lowest BCUT2D eigenvalue weighted by molar-refractivity contribution is 0.0526. The second-order valence-corrected chi connectivity index (χ2v) is 5.01. The molecule has 0 unspecified atom stereocenters. The van der Waals surface area contributed by atoms with E-state index < -0.39 is 0 Å². The second kappa shape index (κ2) is 7.28. The number of hydrogen-bond acceptors (Lipinski definition) is 7. The zero-order valence-electron chi connectivity index (χ0n) is 13.4. The standard InChI is InChI=1S/C16H17N5O3/c1-3-24-16(22)11-4-6-13(7-5-11)20(2)9-12-10-21(23)15(18)14(8-17)19-12/h4-7,10,18,23H,3,9H2,1-2H3. The van der Waals surface area contributed by atoms with Crippen LogP contribution in [0, 0.1) is 16.7 Å². The quantitative estimate of drug-likeness (QED) is 0.631. The van der Waals surface area contributed by atoms with Crippen molar-refractivity contribution in [3.63, 3.8) is 0 Å². The number of ether oxygens (including phenoxy) is 1. The smallest absolute Gasteiger partial charge is 0.338 e. The molecule has 2 N–H and O–H groups in total. The van der Waals surface area contributed by atoms with Gasteiger partial charge in [-0.05, 0) is 31.2 Å². The summed E-state index contributed by atoms with van der Waals surface area (Å²) in [6.07, 6.45) is 1.28. The van der Waals surface area contributed by atoms with E-state index in [0.717, 1.165) is 5.69 Å². The minimum absolute atomic E-state index is 0.152. The summed E-state index contributed by atoms with van der Waals surface area (Å²) in [5, 5.41) is 26.0. The van der Waals surface area contributed by atoms with Crippen LogP contribution in [-0.4, -0.2) is 34.5 Å². The minimum Gasteiger partial charge on any atom is -0.462 e. The summed E-state index contributed by atoms with van der Waals surface area (Å²) >= 11 is 0. The molecule has 8 nitrogen and oxygen atoms in total. The van der Waals surface area contributed by atoms with Crippen LogP contribution in [0.3, 0.4) is 0 Å². The molecule has 1 aromatic heterocycles.